The number of rotatable bonds is 3. The molecule has 114 valence electrons. The molecule has 0 radical (unpaired) electrons. The van der Waals surface area contributed by atoms with Gasteiger partial charge in [0.05, 0.1) is 18.2 Å². The first-order chi connectivity index (χ1) is 10.7. The number of benzene rings is 1. The Bertz CT molecular complexity index is 711. The lowest BCUT2D eigenvalue weighted by Gasteiger charge is -2.31. The van der Waals surface area contributed by atoms with E-state index in [0.29, 0.717) is 17.8 Å². The summed E-state index contributed by atoms with van der Waals surface area (Å²) in [7, 11) is 0. The second-order valence-electron chi connectivity index (χ2n) is 5.32. The lowest BCUT2D eigenvalue weighted by atomic mass is 9.89. The van der Waals surface area contributed by atoms with Crippen molar-refractivity contribution < 1.29 is 9.50 Å². The number of halogens is 1. The average molecular weight is 302 g/mol. The number of aliphatic hydroxyl groups excluding tert-OH is 1. The Hall–Kier alpha value is -2.44. The van der Waals surface area contributed by atoms with E-state index < -0.39 is 12.1 Å². The third kappa shape index (κ3) is 2.79. The molecule has 1 aromatic carbocycles. The third-order valence-electron chi connectivity index (χ3n) is 3.92. The molecule has 1 aliphatic carbocycles. The van der Waals surface area contributed by atoms with Gasteiger partial charge in [-0.1, -0.05) is 23.7 Å². The standard InChI is InChI=1S/C14H15FN6O/c15-10-4-1-3-9(7-10)14-17-8-21(19-14)12-6-2-5-11(13(12)22)18-20-16/h1,3-4,7-8,11-13,22H,2,5-6H2/t11-,12+,13+/m0/s1. The van der Waals surface area contributed by atoms with Gasteiger partial charge in [0, 0.05) is 10.5 Å². The summed E-state index contributed by atoms with van der Waals surface area (Å²) in [6.45, 7) is 0. The Morgan fingerprint density at radius 2 is 2.27 bits per heavy atom. The van der Waals surface area contributed by atoms with Crippen LogP contribution < -0.4 is 0 Å². The predicted octanol–water partition coefficient (Wildman–Crippen LogP) is 2.85. The van der Waals surface area contributed by atoms with Crippen molar-refractivity contribution in [3.05, 3.63) is 46.9 Å². The highest BCUT2D eigenvalue weighted by Gasteiger charge is 2.33. The average Bonchev–Trinajstić information content (AvgIpc) is 2.99. The van der Waals surface area contributed by atoms with Gasteiger partial charge in [0.1, 0.15) is 12.1 Å². The Labute approximate surface area is 126 Å². The van der Waals surface area contributed by atoms with E-state index in [4.69, 9.17) is 5.53 Å². The lowest BCUT2D eigenvalue weighted by molar-refractivity contribution is 0.0516. The largest absolute Gasteiger partial charge is 0.390 e. The zero-order valence-electron chi connectivity index (χ0n) is 11.7. The van der Waals surface area contributed by atoms with E-state index in [1.54, 1.807) is 16.8 Å². The molecule has 7 nitrogen and oxygen atoms in total. The van der Waals surface area contributed by atoms with Gasteiger partial charge in [-0.15, -0.1) is 0 Å². The number of nitrogens with zero attached hydrogens (tertiary/aromatic N) is 6. The van der Waals surface area contributed by atoms with Gasteiger partial charge >= 0.3 is 0 Å². The van der Waals surface area contributed by atoms with Crippen LogP contribution in [0.5, 0.6) is 0 Å². The van der Waals surface area contributed by atoms with Gasteiger partial charge in [0.25, 0.3) is 0 Å². The van der Waals surface area contributed by atoms with Crippen molar-refractivity contribution in [2.24, 2.45) is 5.11 Å². The number of aromatic nitrogens is 3. The molecule has 3 atom stereocenters. The highest BCUT2D eigenvalue weighted by atomic mass is 19.1. The summed E-state index contributed by atoms with van der Waals surface area (Å²) < 4.78 is 14.8. The number of azide groups is 1. The molecule has 8 heteroatoms. The summed E-state index contributed by atoms with van der Waals surface area (Å²) in [5.41, 5.74) is 9.13. The molecule has 0 aliphatic heterocycles. The normalized spacial score (nSPS) is 24.7. The topological polar surface area (TPSA) is 99.7 Å². The Morgan fingerprint density at radius 1 is 1.41 bits per heavy atom. The quantitative estimate of drug-likeness (QED) is 0.536. The van der Waals surface area contributed by atoms with E-state index in [0.717, 1.165) is 12.8 Å². The minimum Gasteiger partial charge on any atom is -0.390 e. The first kappa shape index (κ1) is 14.5. The molecule has 1 heterocycles. The van der Waals surface area contributed by atoms with Crippen LogP contribution in [0.2, 0.25) is 0 Å². The van der Waals surface area contributed by atoms with Gasteiger partial charge in [0.2, 0.25) is 0 Å². The maximum Gasteiger partial charge on any atom is 0.181 e. The van der Waals surface area contributed by atoms with Crippen molar-refractivity contribution >= 4 is 0 Å². The van der Waals surface area contributed by atoms with E-state index in [1.807, 2.05) is 0 Å². The van der Waals surface area contributed by atoms with E-state index >= 15 is 0 Å². The molecular weight excluding hydrogens is 287 g/mol. The fourth-order valence-electron chi connectivity index (χ4n) is 2.81. The zero-order valence-corrected chi connectivity index (χ0v) is 11.7. The van der Waals surface area contributed by atoms with Crippen LogP contribution in [0.3, 0.4) is 0 Å². The van der Waals surface area contributed by atoms with E-state index in [1.165, 1.54) is 18.5 Å². The maximum absolute atomic E-state index is 13.3. The summed E-state index contributed by atoms with van der Waals surface area (Å²) in [4.78, 5) is 6.96. The van der Waals surface area contributed by atoms with Gasteiger partial charge in [-0.25, -0.2) is 14.1 Å². The molecular formula is C14H15FN6O. The highest BCUT2D eigenvalue weighted by Crippen LogP contribution is 2.31. The molecule has 3 rings (SSSR count). The van der Waals surface area contributed by atoms with Crippen LogP contribution in [-0.4, -0.2) is 32.0 Å². The molecule has 0 unspecified atom stereocenters. The third-order valence-corrected chi connectivity index (χ3v) is 3.92. The highest BCUT2D eigenvalue weighted by molar-refractivity contribution is 5.53. The SMILES string of the molecule is [N-]=[N+]=N[C@H]1CCC[C@@H](n2cnc(-c3cccc(F)c3)n2)[C@@H]1O. The molecule has 0 bridgehead atoms. The summed E-state index contributed by atoms with van der Waals surface area (Å²) in [6, 6.07) is 5.29. The second-order valence-corrected chi connectivity index (χ2v) is 5.32. The predicted molar refractivity (Wildman–Crippen MR) is 77.2 cm³/mol. The summed E-state index contributed by atoms with van der Waals surface area (Å²) in [5.74, 6) is 0.0487. The minimum atomic E-state index is -0.799. The van der Waals surface area contributed by atoms with Crippen molar-refractivity contribution in [2.45, 2.75) is 37.5 Å². The fraction of sp³-hybridized carbons (Fsp3) is 0.429. The Morgan fingerprint density at radius 3 is 3.05 bits per heavy atom. The summed E-state index contributed by atoms with van der Waals surface area (Å²) >= 11 is 0. The number of aliphatic hydroxyl groups is 1. The molecule has 0 saturated heterocycles. The molecule has 0 amide bonds. The molecule has 1 fully saturated rings. The molecule has 1 saturated carbocycles. The Balaban J connectivity index is 1.85. The first-order valence-electron chi connectivity index (χ1n) is 7.08. The van der Waals surface area contributed by atoms with E-state index in [2.05, 4.69) is 20.1 Å². The van der Waals surface area contributed by atoms with E-state index in [-0.39, 0.29) is 11.9 Å². The van der Waals surface area contributed by atoms with Crippen LogP contribution in [0.25, 0.3) is 21.8 Å². The van der Waals surface area contributed by atoms with Gasteiger partial charge in [-0.2, -0.15) is 5.10 Å². The van der Waals surface area contributed by atoms with Gasteiger partial charge < -0.3 is 5.11 Å². The molecule has 22 heavy (non-hydrogen) atoms. The molecule has 0 spiro atoms. The van der Waals surface area contributed by atoms with Gasteiger partial charge in [-0.05, 0) is 30.5 Å². The second kappa shape index (κ2) is 6.13. The number of hydrogen-bond donors (Lipinski definition) is 1. The van der Waals surface area contributed by atoms with Crippen LogP contribution in [0, 0.1) is 5.82 Å². The Kier molecular flexibility index (Phi) is 4.04. The smallest absolute Gasteiger partial charge is 0.181 e. The molecule has 1 aliphatic rings. The van der Waals surface area contributed by atoms with Crippen molar-refractivity contribution in [1.82, 2.24) is 14.8 Å². The van der Waals surface area contributed by atoms with E-state index in [9.17, 15) is 9.50 Å². The maximum atomic E-state index is 13.3. The minimum absolute atomic E-state index is 0.293. The van der Waals surface area contributed by atoms with Gasteiger partial charge in [0.15, 0.2) is 5.82 Å². The van der Waals surface area contributed by atoms with Crippen LogP contribution in [-0.2, 0) is 0 Å². The summed E-state index contributed by atoms with van der Waals surface area (Å²) in [6.07, 6.45) is 2.94. The number of hydrogen-bond acceptors (Lipinski definition) is 4. The zero-order chi connectivity index (χ0) is 15.5. The monoisotopic (exact) mass is 302 g/mol. The molecule has 1 N–H and O–H groups in total. The first-order valence-corrected chi connectivity index (χ1v) is 7.08. The van der Waals surface area contributed by atoms with Crippen LogP contribution in [0.15, 0.2) is 35.7 Å². The van der Waals surface area contributed by atoms with Crippen molar-refractivity contribution in [3.63, 3.8) is 0 Å². The summed E-state index contributed by atoms with van der Waals surface area (Å²) in [5, 5.41) is 18.3. The lowest BCUT2D eigenvalue weighted by Crippen LogP contribution is -2.37. The van der Waals surface area contributed by atoms with Crippen molar-refractivity contribution in [3.8, 4) is 11.4 Å². The molecule has 1 aromatic heterocycles. The molecule has 2 aromatic rings. The van der Waals surface area contributed by atoms with Crippen molar-refractivity contribution in [2.75, 3.05) is 0 Å². The van der Waals surface area contributed by atoms with Crippen LogP contribution in [0.1, 0.15) is 25.3 Å². The fourth-order valence-corrected chi connectivity index (χ4v) is 2.81. The van der Waals surface area contributed by atoms with Crippen LogP contribution >= 0.6 is 0 Å². The van der Waals surface area contributed by atoms with Crippen molar-refractivity contribution in [1.29, 1.82) is 0 Å². The van der Waals surface area contributed by atoms with Crippen LogP contribution in [0.4, 0.5) is 4.39 Å². The van der Waals surface area contributed by atoms with Gasteiger partial charge in [-0.3, -0.25) is 0 Å².